The summed E-state index contributed by atoms with van der Waals surface area (Å²) in [6.45, 7) is 5.28. The number of nitrogens with one attached hydrogen (secondary N) is 1. The second kappa shape index (κ2) is 8.05. The molecular weight excluding hydrogens is 280 g/mol. The molecule has 4 heteroatoms. The number of nitrogens with zero attached hydrogens (tertiary/aromatic N) is 1. The molecule has 3 nitrogen and oxygen atoms in total. The van der Waals surface area contributed by atoms with E-state index in [1.807, 2.05) is 18.2 Å². The van der Waals surface area contributed by atoms with Crippen molar-refractivity contribution in [3.05, 3.63) is 48.2 Å². The maximum Gasteiger partial charge on any atom is 0.223 e. The minimum atomic E-state index is 0.221. The Balaban J connectivity index is 2.15. The predicted molar refractivity (Wildman–Crippen MR) is 89.2 cm³/mol. The summed E-state index contributed by atoms with van der Waals surface area (Å²) in [4.78, 5) is 5.60. The van der Waals surface area contributed by atoms with Crippen LogP contribution in [0.25, 0.3) is 0 Å². The molecule has 0 aliphatic rings. The molecule has 0 bridgehead atoms. The van der Waals surface area contributed by atoms with Crippen LogP contribution in [0.2, 0.25) is 0 Å². The fourth-order valence-electron chi connectivity index (χ4n) is 2.04. The molecule has 2 aromatic rings. The van der Waals surface area contributed by atoms with Crippen LogP contribution < -0.4 is 10.1 Å². The van der Waals surface area contributed by atoms with E-state index < -0.39 is 0 Å². The van der Waals surface area contributed by atoms with E-state index in [1.165, 1.54) is 4.90 Å². The van der Waals surface area contributed by atoms with Crippen molar-refractivity contribution in [3.63, 3.8) is 0 Å². The Bertz CT molecular complexity index is 557. The first-order valence-electron chi connectivity index (χ1n) is 7.24. The first-order chi connectivity index (χ1) is 10.2. The fourth-order valence-corrected chi connectivity index (χ4v) is 2.45. The molecule has 0 radical (unpaired) electrons. The molecule has 0 saturated heterocycles. The van der Waals surface area contributed by atoms with Crippen molar-refractivity contribution in [3.8, 4) is 11.6 Å². The molecule has 112 valence electrons. The van der Waals surface area contributed by atoms with Crippen molar-refractivity contribution in [2.24, 2.45) is 0 Å². The van der Waals surface area contributed by atoms with Crippen LogP contribution in [-0.4, -0.2) is 17.8 Å². The zero-order valence-corrected chi connectivity index (χ0v) is 13.6. The lowest BCUT2D eigenvalue weighted by molar-refractivity contribution is 0.442. The van der Waals surface area contributed by atoms with Gasteiger partial charge in [-0.3, -0.25) is 0 Å². The van der Waals surface area contributed by atoms with Crippen molar-refractivity contribution >= 4 is 11.8 Å². The Kier molecular flexibility index (Phi) is 6.08. The summed E-state index contributed by atoms with van der Waals surface area (Å²) in [5, 5.41) is 3.47. The highest BCUT2D eigenvalue weighted by Gasteiger charge is 2.12. The summed E-state index contributed by atoms with van der Waals surface area (Å²) >= 11 is 1.72. The second-order valence-electron chi connectivity index (χ2n) is 4.85. The van der Waals surface area contributed by atoms with Crippen molar-refractivity contribution in [1.82, 2.24) is 10.3 Å². The molecule has 1 atom stereocenters. The van der Waals surface area contributed by atoms with Crippen LogP contribution in [0, 0.1) is 0 Å². The molecule has 1 aromatic carbocycles. The lowest BCUT2D eigenvalue weighted by atomic mass is 10.1. The van der Waals surface area contributed by atoms with Crippen molar-refractivity contribution in [2.45, 2.75) is 31.2 Å². The molecule has 1 aromatic heterocycles. The van der Waals surface area contributed by atoms with E-state index in [1.54, 1.807) is 18.0 Å². The number of thioether (sulfide) groups is 1. The molecule has 21 heavy (non-hydrogen) atoms. The van der Waals surface area contributed by atoms with E-state index in [2.05, 4.69) is 48.6 Å². The number of hydrogen-bond acceptors (Lipinski definition) is 4. The largest absolute Gasteiger partial charge is 0.439 e. The van der Waals surface area contributed by atoms with E-state index >= 15 is 0 Å². The van der Waals surface area contributed by atoms with Gasteiger partial charge in [0.25, 0.3) is 0 Å². The standard InChI is InChI=1S/C17H22N2OS/c1-4-11-18-13(2)16-6-5-12-19-17(16)20-14-7-9-15(21-3)10-8-14/h5-10,12-13,18H,4,11H2,1-3H3. The maximum absolute atomic E-state index is 5.95. The quantitative estimate of drug-likeness (QED) is 0.755. The molecule has 1 heterocycles. The highest BCUT2D eigenvalue weighted by molar-refractivity contribution is 7.98. The van der Waals surface area contributed by atoms with E-state index in [9.17, 15) is 0 Å². The third-order valence-electron chi connectivity index (χ3n) is 3.24. The average molecular weight is 302 g/mol. The van der Waals surface area contributed by atoms with Crippen LogP contribution in [0.1, 0.15) is 31.9 Å². The molecule has 0 aliphatic heterocycles. The minimum absolute atomic E-state index is 0.221. The van der Waals surface area contributed by atoms with Gasteiger partial charge in [0.2, 0.25) is 5.88 Å². The van der Waals surface area contributed by atoms with Crippen molar-refractivity contribution < 1.29 is 4.74 Å². The van der Waals surface area contributed by atoms with Crippen LogP contribution in [0.5, 0.6) is 11.6 Å². The zero-order valence-electron chi connectivity index (χ0n) is 12.8. The average Bonchev–Trinajstić information content (AvgIpc) is 2.54. The normalized spacial score (nSPS) is 12.1. The van der Waals surface area contributed by atoms with Gasteiger partial charge >= 0.3 is 0 Å². The summed E-state index contributed by atoms with van der Waals surface area (Å²) in [5.41, 5.74) is 1.08. The molecule has 1 N–H and O–H groups in total. The van der Waals surface area contributed by atoms with E-state index in [4.69, 9.17) is 4.74 Å². The Morgan fingerprint density at radius 2 is 2.00 bits per heavy atom. The van der Waals surface area contributed by atoms with E-state index in [-0.39, 0.29) is 6.04 Å². The van der Waals surface area contributed by atoms with E-state index in [0.717, 1.165) is 24.3 Å². The molecular formula is C17H22N2OS. The van der Waals surface area contributed by atoms with Crippen LogP contribution in [0.4, 0.5) is 0 Å². The first kappa shape index (κ1) is 15.9. The third kappa shape index (κ3) is 4.48. The Hall–Kier alpha value is -1.52. The molecule has 0 amide bonds. The van der Waals surface area contributed by atoms with Crippen LogP contribution >= 0.6 is 11.8 Å². The summed E-state index contributed by atoms with van der Waals surface area (Å²) in [6.07, 6.45) is 4.94. The third-order valence-corrected chi connectivity index (χ3v) is 3.99. The fraction of sp³-hybridized carbons (Fsp3) is 0.353. The van der Waals surface area contributed by atoms with Gasteiger partial charge in [-0.2, -0.15) is 0 Å². The Morgan fingerprint density at radius 3 is 2.67 bits per heavy atom. The minimum Gasteiger partial charge on any atom is -0.439 e. The van der Waals surface area contributed by atoms with Crippen molar-refractivity contribution in [1.29, 1.82) is 0 Å². The number of hydrogen-bond donors (Lipinski definition) is 1. The highest BCUT2D eigenvalue weighted by atomic mass is 32.2. The number of benzene rings is 1. The van der Waals surface area contributed by atoms with Gasteiger partial charge in [0.15, 0.2) is 0 Å². The van der Waals surface area contributed by atoms with Crippen LogP contribution in [0.3, 0.4) is 0 Å². The SMILES string of the molecule is CCCNC(C)c1cccnc1Oc1ccc(SC)cc1. The molecule has 0 spiro atoms. The molecule has 0 saturated carbocycles. The van der Waals surface area contributed by atoms with Gasteiger partial charge in [-0.05, 0) is 56.5 Å². The first-order valence-corrected chi connectivity index (χ1v) is 8.47. The number of ether oxygens (including phenoxy) is 1. The van der Waals surface area contributed by atoms with Crippen molar-refractivity contribution in [2.75, 3.05) is 12.8 Å². The van der Waals surface area contributed by atoms with Gasteiger partial charge < -0.3 is 10.1 Å². The van der Waals surface area contributed by atoms with Gasteiger partial charge in [-0.1, -0.05) is 13.0 Å². The zero-order chi connectivity index (χ0) is 15.1. The molecule has 0 fully saturated rings. The van der Waals surface area contributed by atoms with Gasteiger partial charge in [-0.25, -0.2) is 4.98 Å². The smallest absolute Gasteiger partial charge is 0.223 e. The van der Waals surface area contributed by atoms with Crippen LogP contribution in [0.15, 0.2) is 47.5 Å². The number of rotatable bonds is 7. The Morgan fingerprint density at radius 1 is 1.24 bits per heavy atom. The predicted octanol–water partition coefficient (Wildman–Crippen LogP) is 4.66. The second-order valence-corrected chi connectivity index (χ2v) is 5.73. The topological polar surface area (TPSA) is 34.2 Å². The Labute approximate surface area is 131 Å². The van der Waals surface area contributed by atoms with Gasteiger partial charge in [0.05, 0.1) is 0 Å². The molecule has 0 aliphatic carbocycles. The molecule has 1 unspecified atom stereocenters. The van der Waals surface area contributed by atoms with Gasteiger partial charge in [0, 0.05) is 22.7 Å². The summed E-state index contributed by atoms with van der Waals surface area (Å²) < 4.78 is 5.95. The van der Waals surface area contributed by atoms with Gasteiger partial charge in [-0.15, -0.1) is 11.8 Å². The highest BCUT2D eigenvalue weighted by Crippen LogP contribution is 2.28. The number of aromatic nitrogens is 1. The van der Waals surface area contributed by atoms with E-state index in [0.29, 0.717) is 5.88 Å². The summed E-state index contributed by atoms with van der Waals surface area (Å²) in [5.74, 6) is 1.49. The summed E-state index contributed by atoms with van der Waals surface area (Å²) in [6, 6.07) is 12.3. The van der Waals surface area contributed by atoms with Gasteiger partial charge in [0.1, 0.15) is 5.75 Å². The lowest BCUT2D eigenvalue weighted by Gasteiger charge is -2.17. The lowest BCUT2D eigenvalue weighted by Crippen LogP contribution is -2.20. The monoisotopic (exact) mass is 302 g/mol. The summed E-state index contributed by atoms with van der Waals surface area (Å²) in [7, 11) is 0. The number of pyridine rings is 1. The maximum atomic E-state index is 5.95. The van der Waals surface area contributed by atoms with Crippen LogP contribution in [-0.2, 0) is 0 Å². The molecule has 2 rings (SSSR count).